The number of halogens is 3. The molecule has 0 spiro atoms. The Morgan fingerprint density at radius 2 is 1.97 bits per heavy atom. The highest BCUT2D eigenvalue weighted by Crippen LogP contribution is 2.43. The molecule has 170 valence electrons. The van der Waals surface area contributed by atoms with Gasteiger partial charge in [-0.15, -0.1) is 0 Å². The highest BCUT2D eigenvalue weighted by Gasteiger charge is 2.47. The fourth-order valence-electron chi connectivity index (χ4n) is 3.39. The van der Waals surface area contributed by atoms with Gasteiger partial charge in [-0.3, -0.25) is 4.79 Å². The third kappa shape index (κ3) is 4.21. The quantitative estimate of drug-likeness (QED) is 0.528. The Bertz CT molecular complexity index is 1220. The molecule has 0 fully saturated rings. The number of amides is 1. The van der Waals surface area contributed by atoms with Crippen molar-refractivity contribution in [3.8, 4) is 0 Å². The van der Waals surface area contributed by atoms with E-state index < -0.39 is 34.2 Å². The zero-order valence-corrected chi connectivity index (χ0v) is 17.4. The van der Waals surface area contributed by atoms with E-state index in [2.05, 4.69) is 20.5 Å². The predicted octanol–water partition coefficient (Wildman–Crippen LogP) is 3.30. The lowest BCUT2D eigenvalue weighted by molar-refractivity contribution is -0.174. The molecule has 2 unspecified atom stereocenters. The summed E-state index contributed by atoms with van der Waals surface area (Å²) in [5.41, 5.74) is 0.0265. The fourth-order valence-corrected chi connectivity index (χ4v) is 4.12. The summed E-state index contributed by atoms with van der Waals surface area (Å²) in [6.45, 7) is 0. The number of aromatic nitrogens is 2. The number of furan rings is 1. The van der Waals surface area contributed by atoms with E-state index in [1.54, 1.807) is 12.1 Å². The van der Waals surface area contributed by atoms with Crippen molar-refractivity contribution < 1.29 is 30.8 Å². The highest BCUT2D eigenvalue weighted by molar-refractivity contribution is 7.89. The normalized spacial score (nSPS) is 18.6. The zero-order chi connectivity index (χ0) is 23.1. The third-order valence-electron chi connectivity index (χ3n) is 5.00. The summed E-state index contributed by atoms with van der Waals surface area (Å²) in [5.74, 6) is -0.372. The van der Waals surface area contributed by atoms with Crippen LogP contribution in [0.3, 0.4) is 0 Å². The number of carbonyl (C=O) groups is 1. The van der Waals surface area contributed by atoms with Gasteiger partial charge < -0.3 is 15.1 Å². The van der Waals surface area contributed by atoms with Crippen molar-refractivity contribution in [2.45, 2.75) is 29.6 Å². The molecule has 1 aromatic carbocycles. The molecule has 13 heteroatoms. The molecule has 0 radical (unpaired) electrons. The molecule has 0 bridgehead atoms. The van der Waals surface area contributed by atoms with Crippen molar-refractivity contribution in [3.63, 3.8) is 0 Å². The molecule has 2 aromatic heterocycles. The maximum Gasteiger partial charge on any atom is 0.410 e. The molecule has 2 atom stereocenters. The number of alkyl halides is 3. The molecule has 4 rings (SSSR count). The molecule has 3 heterocycles. The highest BCUT2D eigenvalue weighted by atomic mass is 32.2. The SMILES string of the molecule is CNS(=O)(=O)c1ccc(NC(=O)c2cc3n(n2)C(C(F)(F)F)CC(c2ccco2)N3)cc1. The summed E-state index contributed by atoms with van der Waals surface area (Å²) in [6, 6.07) is 7.00. The number of benzene rings is 1. The first-order valence-corrected chi connectivity index (χ1v) is 10.9. The van der Waals surface area contributed by atoms with E-state index in [1.165, 1.54) is 43.6 Å². The molecule has 1 aliphatic rings. The number of nitrogens with one attached hydrogen (secondary N) is 3. The molecule has 0 aliphatic carbocycles. The molecule has 32 heavy (non-hydrogen) atoms. The Hall–Kier alpha value is -3.32. The number of anilines is 2. The third-order valence-corrected chi connectivity index (χ3v) is 6.43. The van der Waals surface area contributed by atoms with Crippen molar-refractivity contribution >= 4 is 27.4 Å². The summed E-state index contributed by atoms with van der Waals surface area (Å²) >= 11 is 0. The lowest BCUT2D eigenvalue weighted by Crippen LogP contribution is -2.35. The minimum atomic E-state index is -4.59. The standard InChI is InChI=1S/C19H18F3N5O4S/c1-23-32(29,30)12-6-4-11(5-7-12)24-18(28)14-10-17-25-13(15-3-2-8-31-15)9-16(19(20,21)22)27(17)26-14/h2-8,10,13,16,23,25H,9H2,1H3,(H,24,28). The molecule has 0 saturated carbocycles. The van der Waals surface area contributed by atoms with Crippen LogP contribution in [0.25, 0.3) is 0 Å². The molecule has 9 nitrogen and oxygen atoms in total. The molecular formula is C19H18F3N5O4S. The first kappa shape index (κ1) is 21.9. The van der Waals surface area contributed by atoms with Gasteiger partial charge in [0.25, 0.3) is 5.91 Å². The number of hydrogen-bond donors (Lipinski definition) is 3. The van der Waals surface area contributed by atoms with Gasteiger partial charge in [0.15, 0.2) is 11.7 Å². The first-order valence-electron chi connectivity index (χ1n) is 9.39. The summed E-state index contributed by atoms with van der Waals surface area (Å²) in [4.78, 5) is 12.6. The van der Waals surface area contributed by atoms with Crippen LogP contribution in [0.15, 0.2) is 58.0 Å². The summed E-state index contributed by atoms with van der Waals surface area (Å²) in [5, 5.41) is 9.29. The van der Waals surface area contributed by atoms with Gasteiger partial charge in [-0.1, -0.05) is 0 Å². The molecule has 1 amide bonds. The Labute approximate surface area is 180 Å². The lowest BCUT2D eigenvalue weighted by atomic mass is 10.0. The average molecular weight is 469 g/mol. The van der Waals surface area contributed by atoms with Crippen LogP contribution in [0.2, 0.25) is 0 Å². The second kappa shape index (κ2) is 7.98. The molecule has 0 saturated heterocycles. The predicted molar refractivity (Wildman–Crippen MR) is 108 cm³/mol. The second-order valence-corrected chi connectivity index (χ2v) is 8.94. The van der Waals surface area contributed by atoms with Gasteiger partial charge in [-0.25, -0.2) is 17.8 Å². The Morgan fingerprint density at radius 1 is 1.25 bits per heavy atom. The maximum atomic E-state index is 13.7. The van der Waals surface area contributed by atoms with Crippen molar-refractivity contribution in [2.24, 2.45) is 0 Å². The van der Waals surface area contributed by atoms with E-state index in [0.717, 1.165) is 4.68 Å². The van der Waals surface area contributed by atoms with Crippen LogP contribution >= 0.6 is 0 Å². The largest absolute Gasteiger partial charge is 0.467 e. The first-order chi connectivity index (χ1) is 15.1. The van der Waals surface area contributed by atoms with Crippen LogP contribution in [-0.2, 0) is 10.0 Å². The summed E-state index contributed by atoms with van der Waals surface area (Å²) in [6.07, 6.45) is -3.57. The summed E-state index contributed by atoms with van der Waals surface area (Å²) < 4.78 is 72.7. The maximum absolute atomic E-state index is 13.7. The van der Waals surface area contributed by atoms with E-state index in [4.69, 9.17) is 4.42 Å². The number of fused-ring (bicyclic) bond motifs is 1. The van der Waals surface area contributed by atoms with Crippen LogP contribution in [0.5, 0.6) is 0 Å². The van der Waals surface area contributed by atoms with Gasteiger partial charge in [0, 0.05) is 18.2 Å². The van der Waals surface area contributed by atoms with Gasteiger partial charge >= 0.3 is 6.18 Å². The van der Waals surface area contributed by atoms with Crippen LogP contribution in [0, 0.1) is 0 Å². The number of hydrogen-bond acceptors (Lipinski definition) is 6. The van der Waals surface area contributed by atoms with E-state index in [0.29, 0.717) is 5.76 Å². The van der Waals surface area contributed by atoms with Crippen molar-refractivity contribution in [1.29, 1.82) is 0 Å². The Balaban J connectivity index is 1.58. The number of rotatable bonds is 5. The zero-order valence-electron chi connectivity index (χ0n) is 16.6. The molecule has 3 N–H and O–H groups in total. The van der Waals surface area contributed by atoms with E-state index in [-0.39, 0.29) is 28.5 Å². The van der Waals surface area contributed by atoms with E-state index >= 15 is 0 Å². The van der Waals surface area contributed by atoms with Crippen LogP contribution in [-0.4, -0.2) is 37.3 Å². The number of sulfonamides is 1. The summed E-state index contributed by atoms with van der Waals surface area (Å²) in [7, 11) is -2.37. The fraction of sp³-hybridized carbons (Fsp3) is 0.263. The van der Waals surface area contributed by atoms with Gasteiger partial charge in [-0.05, 0) is 43.4 Å². The minimum absolute atomic E-state index is 0.00311. The minimum Gasteiger partial charge on any atom is -0.467 e. The Morgan fingerprint density at radius 3 is 2.56 bits per heavy atom. The smallest absolute Gasteiger partial charge is 0.410 e. The van der Waals surface area contributed by atoms with Gasteiger partial charge in [0.05, 0.1) is 17.2 Å². The van der Waals surface area contributed by atoms with Crippen molar-refractivity contribution in [2.75, 3.05) is 17.7 Å². The molecule has 3 aromatic rings. The van der Waals surface area contributed by atoms with E-state index in [1.807, 2.05) is 0 Å². The van der Waals surface area contributed by atoms with Crippen LogP contribution < -0.4 is 15.4 Å². The number of nitrogens with zero attached hydrogens (tertiary/aromatic N) is 2. The molecular weight excluding hydrogens is 451 g/mol. The van der Waals surface area contributed by atoms with Gasteiger partial charge in [-0.2, -0.15) is 18.3 Å². The van der Waals surface area contributed by atoms with Crippen LogP contribution in [0.4, 0.5) is 24.7 Å². The molecule has 1 aliphatic heterocycles. The topological polar surface area (TPSA) is 118 Å². The van der Waals surface area contributed by atoms with E-state index in [9.17, 15) is 26.4 Å². The lowest BCUT2D eigenvalue weighted by Gasteiger charge is -2.32. The van der Waals surface area contributed by atoms with Gasteiger partial charge in [0.2, 0.25) is 10.0 Å². The van der Waals surface area contributed by atoms with Crippen molar-refractivity contribution in [3.05, 3.63) is 60.2 Å². The number of carbonyl (C=O) groups excluding carboxylic acids is 1. The second-order valence-electron chi connectivity index (χ2n) is 7.05. The Kier molecular flexibility index (Phi) is 5.46. The van der Waals surface area contributed by atoms with Crippen LogP contribution in [0.1, 0.15) is 34.8 Å². The van der Waals surface area contributed by atoms with Crippen molar-refractivity contribution in [1.82, 2.24) is 14.5 Å². The monoisotopic (exact) mass is 469 g/mol. The average Bonchev–Trinajstić information content (AvgIpc) is 3.42. The van der Waals surface area contributed by atoms with Gasteiger partial charge in [0.1, 0.15) is 11.6 Å².